The summed E-state index contributed by atoms with van der Waals surface area (Å²) in [5, 5.41) is 9.94. The fourth-order valence-electron chi connectivity index (χ4n) is 8.31. The van der Waals surface area contributed by atoms with Crippen LogP contribution in [0.3, 0.4) is 0 Å². The van der Waals surface area contributed by atoms with Gasteiger partial charge in [0.05, 0.1) is 1.37 Å². The Labute approximate surface area is 316 Å². The van der Waals surface area contributed by atoms with E-state index in [4.69, 9.17) is 1.37 Å². The molecule has 9 aromatic carbocycles. The largest absolute Gasteiger partial charge is 0.135 e. The third-order valence-corrected chi connectivity index (χ3v) is 12.1. The van der Waals surface area contributed by atoms with Gasteiger partial charge in [-0.25, -0.2) is 0 Å². The van der Waals surface area contributed by atoms with Crippen LogP contribution in [0.4, 0.5) is 0 Å². The third kappa shape index (κ3) is 5.35. The second-order valence-electron chi connectivity index (χ2n) is 15.2. The van der Waals surface area contributed by atoms with Crippen LogP contribution in [0.5, 0.6) is 0 Å². The quantitative estimate of drug-likeness (QED) is 0.161. The van der Waals surface area contributed by atoms with E-state index >= 15 is 0 Å². The average molecular weight is 696 g/mol. The highest BCUT2D eigenvalue weighted by molar-refractivity contribution is 7.26. The molecule has 0 amide bonds. The van der Waals surface area contributed by atoms with E-state index in [0.29, 0.717) is 6.04 Å². The molecule has 10 rings (SSSR count). The van der Waals surface area contributed by atoms with Crippen molar-refractivity contribution in [2.45, 2.75) is 26.2 Å². The first kappa shape index (κ1) is 30.6. The first-order valence-corrected chi connectivity index (χ1v) is 19.2. The molecule has 252 valence electrons. The van der Waals surface area contributed by atoms with Crippen LogP contribution >= 0.6 is 11.3 Å². The second-order valence-corrected chi connectivity index (χ2v) is 16.3. The molecule has 0 bridgehead atoms. The van der Waals surface area contributed by atoms with Gasteiger partial charge in [-0.3, -0.25) is 0 Å². The van der Waals surface area contributed by atoms with Gasteiger partial charge in [-0.2, -0.15) is 0 Å². The third-order valence-electron chi connectivity index (χ3n) is 10.9. The lowest BCUT2D eigenvalue weighted by molar-refractivity contribution is 0.597. The van der Waals surface area contributed by atoms with Crippen molar-refractivity contribution in [3.05, 3.63) is 181 Å². The molecule has 53 heavy (non-hydrogen) atoms. The van der Waals surface area contributed by atoms with Crippen molar-refractivity contribution in [3.63, 3.8) is 0 Å². The zero-order valence-electron chi connectivity index (χ0n) is 31.1. The van der Waals surface area contributed by atoms with Gasteiger partial charge in [0, 0.05) is 20.2 Å². The maximum Gasteiger partial charge on any atom is 0.0623 e. The van der Waals surface area contributed by atoms with E-state index in [-0.39, 0.29) is 5.41 Å². The van der Waals surface area contributed by atoms with Gasteiger partial charge >= 0.3 is 0 Å². The lowest BCUT2D eigenvalue weighted by atomic mass is 9.85. The van der Waals surface area contributed by atoms with Gasteiger partial charge in [0.1, 0.15) is 0 Å². The fourth-order valence-corrected chi connectivity index (χ4v) is 9.72. The van der Waals surface area contributed by atoms with Crippen LogP contribution in [0.2, 0.25) is 0 Å². The minimum absolute atomic E-state index is 0.0918. The first-order valence-electron chi connectivity index (χ1n) is 18.9. The molecule has 0 aliphatic heterocycles. The molecular weight excluding hydrogens is 657 g/mol. The van der Waals surface area contributed by atoms with Gasteiger partial charge < -0.3 is 0 Å². The van der Waals surface area contributed by atoms with Crippen LogP contribution in [0.15, 0.2) is 176 Å². The van der Waals surface area contributed by atoms with Crippen LogP contribution in [0, 0.1) is 0 Å². The average Bonchev–Trinajstić information content (AvgIpc) is 3.57. The van der Waals surface area contributed by atoms with E-state index in [1.165, 1.54) is 91.8 Å². The van der Waals surface area contributed by atoms with Crippen molar-refractivity contribution in [1.29, 1.82) is 0 Å². The summed E-state index contributed by atoms with van der Waals surface area (Å²) < 4.78 is 10.7. The molecule has 1 heteroatoms. The molecule has 0 aliphatic carbocycles. The van der Waals surface area contributed by atoms with Crippen molar-refractivity contribution in [2.75, 3.05) is 0 Å². The zero-order chi connectivity index (χ0) is 36.6. The van der Waals surface area contributed by atoms with E-state index < -0.39 is 0 Å². The molecule has 1 heterocycles. The Hall–Kier alpha value is -6.02. The van der Waals surface area contributed by atoms with E-state index in [9.17, 15) is 0 Å². The van der Waals surface area contributed by atoms with Crippen LogP contribution in [0.25, 0.3) is 97.0 Å². The predicted molar refractivity (Wildman–Crippen MR) is 232 cm³/mol. The van der Waals surface area contributed by atoms with Crippen LogP contribution < -0.4 is 0 Å². The maximum absolute atomic E-state index is 7.98. The van der Waals surface area contributed by atoms with Crippen molar-refractivity contribution in [2.24, 2.45) is 0 Å². The molecule has 0 unspecified atom stereocenters. The predicted octanol–water partition coefficient (Wildman–Crippen LogP) is 15.5. The molecule has 10 aromatic rings. The molecule has 1 aromatic heterocycles. The summed E-state index contributed by atoms with van der Waals surface area (Å²) in [4.78, 5) is 0. The minimum Gasteiger partial charge on any atom is -0.135 e. The smallest absolute Gasteiger partial charge is 0.0623 e. The SMILES string of the molecule is [2H]c1ccc2cc(-c3ccc(-c4c5ccccc5c(-c5cccc(-c6ccc7sc8c(C(C)(C)C)cccc8c7c6)c5)c5ccccc45)cc3)ccc2c1. The Morgan fingerprint density at radius 1 is 0.396 bits per heavy atom. The highest BCUT2D eigenvalue weighted by atomic mass is 32.1. The molecule has 0 fully saturated rings. The summed E-state index contributed by atoms with van der Waals surface area (Å²) in [5.74, 6) is 0. The number of rotatable bonds is 4. The molecule has 0 atom stereocenters. The highest BCUT2D eigenvalue weighted by Crippen LogP contribution is 2.45. The summed E-state index contributed by atoms with van der Waals surface area (Å²) >= 11 is 1.92. The van der Waals surface area contributed by atoms with Gasteiger partial charge in [0.15, 0.2) is 0 Å². The van der Waals surface area contributed by atoms with Gasteiger partial charge in [0.25, 0.3) is 0 Å². The molecular formula is C52H38S. The van der Waals surface area contributed by atoms with E-state index in [0.717, 1.165) is 10.8 Å². The van der Waals surface area contributed by atoms with Crippen LogP contribution in [0.1, 0.15) is 27.7 Å². The van der Waals surface area contributed by atoms with Gasteiger partial charge in [-0.15, -0.1) is 11.3 Å². The number of thiophene rings is 1. The Kier molecular flexibility index (Phi) is 7.10. The van der Waals surface area contributed by atoms with Gasteiger partial charge in [0.2, 0.25) is 0 Å². The minimum atomic E-state index is 0.0918. The number of hydrogen-bond acceptors (Lipinski definition) is 1. The van der Waals surface area contributed by atoms with E-state index in [1.807, 2.05) is 29.5 Å². The zero-order valence-corrected chi connectivity index (χ0v) is 30.9. The van der Waals surface area contributed by atoms with Crippen LogP contribution in [-0.2, 0) is 5.41 Å². The molecule has 0 aliphatic rings. The number of hydrogen-bond donors (Lipinski definition) is 0. The van der Waals surface area contributed by atoms with Gasteiger partial charge in [-0.1, -0.05) is 172 Å². The Morgan fingerprint density at radius 2 is 0.962 bits per heavy atom. The topological polar surface area (TPSA) is 0 Å². The lowest BCUT2D eigenvalue weighted by Gasteiger charge is -2.19. The fraction of sp³-hybridized carbons (Fsp3) is 0.0769. The standard InChI is InChI=1S/C52H38S/c1-52(2,3)47-21-11-20-45-46-32-39(28-29-48(46)53-51(45)47)37-14-10-15-40(31-37)50-43-18-8-6-16-41(43)49(42-17-7-9-19-44(42)50)35-25-22-34(23-26-35)38-27-24-33-12-4-5-13-36(33)30-38/h4-32H,1-3H3/i4D. The first-order chi connectivity index (χ1) is 26.3. The lowest BCUT2D eigenvalue weighted by Crippen LogP contribution is -2.10. The van der Waals surface area contributed by atoms with Crippen molar-refractivity contribution in [3.8, 4) is 44.5 Å². The van der Waals surface area contributed by atoms with Crippen molar-refractivity contribution >= 4 is 63.8 Å². The second kappa shape index (κ2) is 12.3. The maximum atomic E-state index is 7.98. The number of benzene rings is 9. The monoisotopic (exact) mass is 695 g/mol. The summed E-state index contributed by atoms with van der Waals surface area (Å²) in [6, 6.07) is 62.6. The summed E-state index contributed by atoms with van der Waals surface area (Å²) in [5.41, 5.74) is 11.3. The molecule has 0 saturated heterocycles. The molecule has 0 nitrogen and oxygen atoms in total. The van der Waals surface area contributed by atoms with Crippen molar-refractivity contribution in [1.82, 2.24) is 0 Å². The van der Waals surface area contributed by atoms with Gasteiger partial charge in [-0.05, 0) is 112 Å². The van der Waals surface area contributed by atoms with E-state index in [2.05, 4.69) is 172 Å². The summed E-state index contributed by atoms with van der Waals surface area (Å²) in [7, 11) is 0. The molecule has 0 radical (unpaired) electrons. The highest BCUT2D eigenvalue weighted by Gasteiger charge is 2.20. The van der Waals surface area contributed by atoms with Crippen LogP contribution in [-0.4, -0.2) is 0 Å². The molecule has 0 N–H and O–H groups in total. The molecule has 0 saturated carbocycles. The summed E-state index contributed by atoms with van der Waals surface area (Å²) in [6.45, 7) is 6.92. The molecule has 0 spiro atoms. The van der Waals surface area contributed by atoms with E-state index in [1.54, 1.807) is 0 Å². The Balaban J connectivity index is 1.10. The number of fused-ring (bicyclic) bond motifs is 6. The Bertz CT molecular complexity index is 3030. The van der Waals surface area contributed by atoms with Crippen molar-refractivity contribution < 1.29 is 1.37 Å². The summed E-state index contributed by atoms with van der Waals surface area (Å²) in [6.07, 6.45) is 0. The Morgan fingerprint density at radius 3 is 1.68 bits per heavy atom. The normalized spacial score (nSPS) is 12.3.